The monoisotopic (exact) mass is 180 g/mol. The molecule has 0 aromatic carbocycles. The van der Waals surface area contributed by atoms with E-state index in [-0.39, 0.29) is 0 Å². The molecule has 0 saturated heterocycles. The van der Waals surface area contributed by atoms with Crippen LogP contribution in [-0.2, 0) is 0 Å². The Balaban J connectivity index is 3.39. The summed E-state index contributed by atoms with van der Waals surface area (Å²) in [4.78, 5) is 2.61. The van der Waals surface area contributed by atoms with E-state index >= 15 is 0 Å². The van der Waals surface area contributed by atoms with E-state index in [4.69, 9.17) is 0 Å². The van der Waals surface area contributed by atoms with Gasteiger partial charge in [-0.05, 0) is 0 Å². The zero-order valence-corrected chi connectivity index (χ0v) is 5.57. The van der Waals surface area contributed by atoms with E-state index in [1.807, 2.05) is 0 Å². The van der Waals surface area contributed by atoms with Gasteiger partial charge in [0.1, 0.15) is 7.11 Å². The minimum Gasteiger partial charge on any atom is -0.472 e. The largest absolute Gasteiger partial charge is 0.472 e. The van der Waals surface area contributed by atoms with Crippen molar-refractivity contribution in [3.05, 3.63) is 30.5 Å². The molecule has 0 N–H and O–H groups in total. The highest BCUT2D eigenvalue weighted by Gasteiger charge is 2.20. The van der Waals surface area contributed by atoms with Crippen LogP contribution in [0, 0.1) is 30.5 Å². The SMILES string of the molecule is [CH2]Oc1nc(F)c(F)c(F)c1F. The molecule has 1 aromatic heterocycles. The molecule has 1 radical (unpaired) electrons. The van der Waals surface area contributed by atoms with Gasteiger partial charge in [0.05, 0.1) is 0 Å². The van der Waals surface area contributed by atoms with Crippen LogP contribution in [-0.4, -0.2) is 4.98 Å². The molecular weight excluding hydrogens is 178 g/mol. The first-order valence-corrected chi connectivity index (χ1v) is 2.70. The van der Waals surface area contributed by atoms with Crippen LogP contribution >= 0.6 is 0 Å². The summed E-state index contributed by atoms with van der Waals surface area (Å²) in [7, 11) is 2.67. The Kier molecular flexibility index (Phi) is 2.16. The van der Waals surface area contributed by atoms with Crippen LogP contribution < -0.4 is 4.74 Å². The van der Waals surface area contributed by atoms with Crippen molar-refractivity contribution < 1.29 is 22.3 Å². The molecule has 1 aromatic rings. The number of halogens is 4. The van der Waals surface area contributed by atoms with Crippen LogP contribution in [0.25, 0.3) is 0 Å². The Morgan fingerprint density at radius 3 is 2.08 bits per heavy atom. The third-order valence-corrected chi connectivity index (χ3v) is 1.09. The highest BCUT2D eigenvalue weighted by molar-refractivity contribution is 5.17. The number of hydrogen-bond acceptors (Lipinski definition) is 2. The lowest BCUT2D eigenvalue weighted by Gasteiger charge is -2.01. The topological polar surface area (TPSA) is 22.1 Å². The van der Waals surface area contributed by atoms with Gasteiger partial charge in [-0.15, -0.1) is 0 Å². The average molecular weight is 180 g/mol. The van der Waals surface area contributed by atoms with Crippen LogP contribution in [0.2, 0.25) is 0 Å². The maximum atomic E-state index is 12.4. The first-order chi connectivity index (χ1) is 5.57. The summed E-state index contributed by atoms with van der Waals surface area (Å²) in [5.74, 6) is -8.45. The van der Waals surface area contributed by atoms with Crippen molar-refractivity contribution in [2.24, 2.45) is 0 Å². The predicted octanol–water partition coefficient (Wildman–Crippen LogP) is 1.81. The number of aromatic nitrogens is 1. The van der Waals surface area contributed by atoms with Crippen molar-refractivity contribution in [3.8, 4) is 5.88 Å². The first kappa shape index (κ1) is 8.76. The zero-order valence-electron chi connectivity index (χ0n) is 5.57. The fourth-order valence-corrected chi connectivity index (χ4v) is 0.564. The second-order valence-electron chi connectivity index (χ2n) is 1.79. The van der Waals surface area contributed by atoms with Crippen LogP contribution in [0.15, 0.2) is 0 Å². The van der Waals surface area contributed by atoms with Gasteiger partial charge in [-0.1, -0.05) is 0 Å². The quantitative estimate of drug-likeness (QED) is 0.485. The number of nitrogens with zero attached hydrogens (tertiary/aromatic N) is 1. The lowest BCUT2D eigenvalue weighted by molar-refractivity contribution is 0.340. The van der Waals surface area contributed by atoms with E-state index in [0.29, 0.717) is 0 Å². The number of hydrogen-bond donors (Lipinski definition) is 0. The van der Waals surface area contributed by atoms with Gasteiger partial charge in [0.15, 0.2) is 0 Å². The van der Waals surface area contributed by atoms with Crippen molar-refractivity contribution >= 4 is 0 Å². The summed E-state index contributed by atoms with van der Waals surface area (Å²) < 4.78 is 53.0. The van der Waals surface area contributed by atoms with Gasteiger partial charge in [0, 0.05) is 0 Å². The van der Waals surface area contributed by atoms with Crippen LogP contribution in [0.5, 0.6) is 5.88 Å². The van der Waals surface area contributed by atoms with Crippen molar-refractivity contribution in [2.75, 3.05) is 0 Å². The van der Waals surface area contributed by atoms with Crippen molar-refractivity contribution in [1.29, 1.82) is 0 Å². The molecule has 6 heteroatoms. The van der Waals surface area contributed by atoms with Crippen molar-refractivity contribution in [1.82, 2.24) is 4.98 Å². The van der Waals surface area contributed by atoms with E-state index in [0.717, 1.165) is 0 Å². The molecule has 0 aliphatic rings. The molecule has 1 rings (SSSR count). The molecule has 0 aliphatic heterocycles. The molecule has 1 heterocycles. The van der Waals surface area contributed by atoms with Gasteiger partial charge in [-0.3, -0.25) is 0 Å². The fraction of sp³-hybridized carbons (Fsp3) is 0. The van der Waals surface area contributed by atoms with Crippen LogP contribution in [0.4, 0.5) is 17.6 Å². The minimum atomic E-state index is -1.98. The maximum absolute atomic E-state index is 12.4. The molecule has 0 atom stereocenters. The highest BCUT2D eigenvalue weighted by atomic mass is 19.2. The van der Waals surface area contributed by atoms with Crippen LogP contribution in [0.1, 0.15) is 0 Å². The average Bonchev–Trinajstić information content (AvgIpc) is 2.08. The summed E-state index contributed by atoms with van der Waals surface area (Å²) >= 11 is 0. The molecule has 0 fully saturated rings. The lowest BCUT2D eigenvalue weighted by Crippen LogP contribution is -2.02. The zero-order chi connectivity index (χ0) is 9.30. The van der Waals surface area contributed by atoms with Gasteiger partial charge in [0.25, 0.3) is 11.8 Å². The molecule has 0 amide bonds. The Morgan fingerprint density at radius 2 is 1.58 bits per heavy atom. The summed E-state index contributed by atoms with van der Waals surface area (Å²) in [6.07, 6.45) is 0. The van der Waals surface area contributed by atoms with E-state index in [1.54, 1.807) is 0 Å². The number of ether oxygens (including phenoxy) is 1. The van der Waals surface area contributed by atoms with Crippen LogP contribution in [0.3, 0.4) is 0 Å². The first-order valence-electron chi connectivity index (χ1n) is 2.70. The molecule has 0 aliphatic carbocycles. The molecule has 0 bridgehead atoms. The summed E-state index contributed by atoms with van der Waals surface area (Å²) in [6.45, 7) is 0. The van der Waals surface area contributed by atoms with E-state index in [9.17, 15) is 17.6 Å². The fourth-order valence-electron chi connectivity index (χ4n) is 0.564. The molecule has 0 unspecified atom stereocenters. The molecular formula is C6H2F4NO. The minimum absolute atomic E-state index is 1.02. The Morgan fingerprint density at radius 1 is 1.00 bits per heavy atom. The standard InChI is InChI=1S/C6H2F4NO/c1-12-6-4(9)2(7)3(8)5(10)11-6/h1H2. The summed E-state index contributed by atoms with van der Waals surface area (Å²) in [5.41, 5.74) is 0. The second-order valence-corrected chi connectivity index (χ2v) is 1.79. The van der Waals surface area contributed by atoms with Crippen molar-refractivity contribution in [2.45, 2.75) is 0 Å². The Bertz CT molecular complexity index is 315. The predicted molar refractivity (Wildman–Crippen MR) is 30.1 cm³/mol. The molecule has 0 saturated carbocycles. The maximum Gasteiger partial charge on any atom is 0.256 e. The van der Waals surface area contributed by atoms with Gasteiger partial charge in [0.2, 0.25) is 17.5 Å². The smallest absolute Gasteiger partial charge is 0.256 e. The van der Waals surface area contributed by atoms with E-state index in [2.05, 4.69) is 16.8 Å². The van der Waals surface area contributed by atoms with Gasteiger partial charge in [-0.25, -0.2) is 4.39 Å². The van der Waals surface area contributed by atoms with Gasteiger partial charge in [-0.2, -0.15) is 18.2 Å². The van der Waals surface area contributed by atoms with Gasteiger partial charge >= 0.3 is 0 Å². The molecule has 12 heavy (non-hydrogen) atoms. The second kappa shape index (κ2) is 2.96. The third kappa shape index (κ3) is 1.19. The highest BCUT2D eigenvalue weighted by Crippen LogP contribution is 2.20. The van der Waals surface area contributed by atoms with E-state index in [1.165, 1.54) is 0 Å². The Labute approximate surface area is 64.8 Å². The summed E-state index contributed by atoms with van der Waals surface area (Å²) in [6, 6.07) is 0. The number of pyridine rings is 1. The number of rotatable bonds is 1. The molecule has 2 nitrogen and oxygen atoms in total. The van der Waals surface area contributed by atoms with E-state index < -0.39 is 29.3 Å². The third-order valence-electron chi connectivity index (χ3n) is 1.09. The molecule has 65 valence electrons. The normalized spacial score (nSPS) is 10.1. The summed E-state index contributed by atoms with van der Waals surface area (Å²) in [5, 5.41) is 0. The molecule has 0 spiro atoms. The Hall–Kier alpha value is -1.33. The van der Waals surface area contributed by atoms with Crippen molar-refractivity contribution in [3.63, 3.8) is 0 Å². The lowest BCUT2D eigenvalue weighted by atomic mass is 10.4. The van der Waals surface area contributed by atoms with Gasteiger partial charge < -0.3 is 4.74 Å².